The van der Waals surface area contributed by atoms with Crippen molar-refractivity contribution in [2.24, 2.45) is 0 Å². The summed E-state index contributed by atoms with van der Waals surface area (Å²) >= 11 is 0. The van der Waals surface area contributed by atoms with Gasteiger partial charge in [0.2, 0.25) is 0 Å². The van der Waals surface area contributed by atoms with E-state index in [0.717, 1.165) is 75.7 Å². The number of hydrogen-bond donors (Lipinski definition) is 1. The molecule has 208 valence electrons. The first-order chi connectivity index (χ1) is 19.3. The summed E-state index contributed by atoms with van der Waals surface area (Å²) in [7, 11) is 0. The highest BCUT2D eigenvalue weighted by molar-refractivity contribution is 5.95. The highest BCUT2D eigenvalue weighted by Gasteiger charge is 2.19. The third-order valence-corrected chi connectivity index (χ3v) is 6.90. The lowest BCUT2D eigenvalue weighted by Gasteiger charge is -2.29. The average molecular weight is 530 g/mol. The Morgan fingerprint density at radius 2 is 1.49 bits per heavy atom. The molecule has 1 N–H and O–H groups in total. The molecule has 1 aromatic heterocycles. The molecule has 7 heteroatoms. The Bertz CT molecular complexity index is 1320. The lowest BCUT2D eigenvalue weighted by molar-refractivity contribution is 0.0317. The molecule has 0 spiro atoms. The minimum absolute atomic E-state index is 0.456. The number of fused-ring (bicyclic) bond motifs is 2. The van der Waals surface area contributed by atoms with Gasteiger partial charge in [-0.1, -0.05) is 70.2 Å². The van der Waals surface area contributed by atoms with Crippen molar-refractivity contribution in [1.29, 1.82) is 0 Å². The Labute approximate surface area is 233 Å². The van der Waals surface area contributed by atoms with E-state index in [-0.39, 0.29) is 0 Å². The summed E-state index contributed by atoms with van der Waals surface area (Å²) in [6.45, 7) is 16.6. The Kier molecular flexibility index (Phi) is 10.9. The van der Waals surface area contributed by atoms with Crippen molar-refractivity contribution in [3.63, 3.8) is 0 Å². The van der Waals surface area contributed by atoms with Crippen LogP contribution in [-0.2, 0) is 4.74 Å². The Balaban J connectivity index is 0.000000845. The second-order valence-electron chi connectivity index (χ2n) is 9.16. The average Bonchev–Trinajstić information content (AvgIpc) is 3.03. The lowest BCUT2D eigenvalue weighted by atomic mass is 10.00. The zero-order chi connectivity index (χ0) is 27.5. The maximum Gasteiger partial charge on any atom is 0.318 e. The van der Waals surface area contributed by atoms with Gasteiger partial charge in [0.15, 0.2) is 0 Å². The van der Waals surface area contributed by atoms with E-state index in [1.807, 2.05) is 27.7 Å². The van der Waals surface area contributed by atoms with Gasteiger partial charge in [-0.15, -0.1) is 0 Å². The molecule has 0 atom stereocenters. The molecular weight excluding hydrogens is 486 g/mol. The molecule has 0 amide bonds. The highest BCUT2D eigenvalue weighted by atomic mass is 16.5. The first-order valence-corrected chi connectivity index (χ1v) is 14.5. The smallest absolute Gasteiger partial charge is 0.318 e. The predicted molar refractivity (Wildman–Crippen MR) is 163 cm³/mol. The molecule has 0 aliphatic carbocycles. The van der Waals surface area contributed by atoms with Crippen LogP contribution in [0.2, 0.25) is 0 Å². The van der Waals surface area contributed by atoms with Gasteiger partial charge in [-0.3, -0.25) is 4.90 Å². The van der Waals surface area contributed by atoms with Crippen molar-refractivity contribution in [2.75, 3.05) is 70.5 Å². The number of nitrogens with one attached hydrogen (secondary N) is 1. The van der Waals surface area contributed by atoms with Crippen molar-refractivity contribution in [3.05, 3.63) is 60.7 Å². The number of anilines is 1. The molecule has 7 nitrogen and oxygen atoms in total. The fourth-order valence-electron chi connectivity index (χ4n) is 4.91. The van der Waals surface area contributed by atoms with Crippen LogP contribution >= 0.6 is 0 Å². The topological polar surface area (TPSA) is 62.8 Å². The summed E-state index contributed by atoms with van der Waals surface area (Å²) in [6, 6.07) is 22.1. The van der Waals surface area contributed by atoms with Crippen LogP contribution < -0.4 is 15.0 Å². The van der Waals surface area contributed by atoms with Crippen LogP contribution in [0.4, 0.5) is 5.82 Å². The van der Waals surface area contributed by atoms with Crippen LogP contribution in [0.15, 0.2) is 60.7 Å². The van der Waals surface area contributed by atoms with Gasteiger partial charge in [0.25, 0.3) is 0 Å². The van der Waals surface area contributed by atoms with Crippen LogP contribution in [0.1, 0.15) is 27.7 Å². The first-order valence-electron chi connectivity index (χ1n) is 14.5. The molecular formula is C32H43N5O2. The number of morpholine rings is 1. The predicted octanol–water partition coefficient (Wildman–Crippen LogP) is 5.62. The number of rotatable bonds is 6. The number of piperazine rings is 1. The van der Waals surface area contributed by atoms with E-state index >= 15 is 0 Å². The second kappa shape index (κ2) is 14.8. The Morgan fingerprint density at radius 1 is 0.795 bits per heavy atom. The molecule has 0 bridgehead atoms. The third kappa shape index (κ3) is 7.24. The molecule has 2 fully saturated rings. The number of ether oxygens (including phenoxy) is 2. The molecule has 4 aromatic rings. The summed E-state index contributed by atoms with van der Waals surface area (Å²) in [5.41, 5.74) is 3.28. The fraction of sp³-hybridized carbons (Fsp3) is 0.438. The third-order valence-electron chi connectivity index (χ3n) is 6.90. The maximum absolute atomic E-state index is 6.06. The molecule has 6 rings (SSSR count). The standard InChI is InChI=1S/C28H31N5O2.2C2H6/c1-2-4-22-19-23(6-5-21(22)3-1)24-7-8-26-25(20-24)27(33-11-9-29-10-12-33)31-28(30-26)35-18-15-32-13-16-34-17-14-32;2*1-2/h1-8,19-20,29H,9-18H2;2*1-2H3. The summed E-state index contributed by atoms with van der Waals surface area (Å²) in [5.74, 6) is 0.959. The minimum atomic E-state index is 0.456. The molecule has 3 aromatic carbocycles. The van der Waals surface area contributed by atoms with E-state index in [4.69, 9.17) is 19.4 Å². The summed E-state index contributed by atoms with van der Waals surface area (Å²) in [5, 5.41) is 7.00. The van der Waals surface area contributed by atoms with E-state index < -0.39 is 0 Å². The van der Waals surface area contributed by atoms with E-state index in [1.54, 1.807) is 0 Å². The van der Waals surface area contributed by atoms with Crippen molar-refractivity contribution >= 4 is 27.5 Å². The van der Waals surface area contributed by atoms with E-state index in [1.165, 1.54) is 21.9 Å². The quantitative estimate of drug-likeness (QED) is 0.348. The minimum Gasteiger partial charge on any atom is -0.462 e. The zero-order valence-electron chi connectivity index (χ0n) is 23.9. The van der Waals surface area contributed by atoms with Crippen LogP contribution in [0.5, 0.6) is 6.01 Å². The van der Waals surface area contributed by atoms with Gasteiger partial charge in [-0.25, -0.2) is 0 Å². The number of aromatic nitrogens is 2. The molecule has 39 heavy (non-hydrogen) atoms. The molecule has 3 heterocycles. The van der Waals surface area contributed by atoms with Gasteiger partial charge in [-0.05, 0) is 40.1 Å². The zero-order valence-corrected chi connectivity index (χ0v) is 23.9. The highest BCUT2D eigenvalue weighted by Crippen LogP contribution is 2.32. The van der Waals surface area contributed by atoms with Gasteiger partial charge in [0.05, 0.1) is 18.7 Å². The molecule has 0 radical (unpaired) electrons. The van der Waals surface area contributed by atoms with Gasteiger partial charge >= 0.3 is 6.01 Å². The fourth-order valence-corrected chi connectivity index (χ4v) is 4.91. The van der Waals surface area contributed by atoms with Crippen molar-refractivity contribution in [2.45, 2.75) is 27.7 Å². The first kappa shape index (κ1) is 28.7. The van der Waals surface area contributed by atoms with Crippen LogP contribution in [-0.4, -0.2) is 80.5 Å². The van der Waals surface area contributed by atoms with E-state index in [9.17, 15) is 0 Å². The second-order valence-corrected chi connectivity index (χ2v) is 9.16. The maximum atomic E-state index is 6.06. The molecule has 2 saturated heterocycles. The Morgan fingerprint density at radius 3 is 2.26 bits per heavy atom. The van der Waals surface area contributed by atoms with E-state index in [2.05, 4.69) is 75.8 Å². The Hall–Kier alpha value is -3.26. The largest absolute Gasteiger partial charge is 0.462 e. The van der Waals surface area contributed by atoms with Crippen LogP contribution in [0, 0.1) is 0 Å². The summed E-state index contributed by atoms with van der Waals surface area (Å²) in [4.78, 5) is 14.4. The summed E-state index contributed by atoms with van der Waals surface area (Å²) < 4.78 is 11.5. The van der Waals surface area contributed by atoms with Gasteiger partial charge in [0.1, 0.15) is 12.4 Å². The molecule has 0 saturated carbocycles. The monoisotopic (exact) mass is 529 g/mol. The van der Waals surface area contributed by atoms with Gasteiger partial charge in [-0.2, -0.15) is 9.97 Å². The molecule has 0 unspecified atom stereocenters. The van der Waals surface area contributed by atoms with Crippen molar-refractivity contribution < 1.29 is 9.47 Å². The van der Waals surface area contributed by atoms with E-state index in [0.29, 0.717) is 12.6 Å². The molecule has 2 aliphatic heterocycles. The number of benzene rings is 3. The van der Waals surface area contributed by atoms with Crippen LogP contribution in [0.25, 0.3) is 32.8 Å². The SMILES string of the molecule is CC.CC.c1ccc2cc(-c3ccc4nc(OCCN5CCOCC5)nc(N5CCNCC5)c4c3)ccc2c1. The van der Waals surface area contributed by atoms with Crippen LogP contribution in [0.3, 0.4) is 0 Å². The lowest BCUT2D eigenvalue weighted by Crippen LogP contribution is -2.44. The number of hydrogen-bond acceptors (Lipinski definition) is 7. The molecule has 2 aliphatic rings. The van der Waals surface area contributed by atoms with Gasteiger partial charge in [0, 0.05) is 51.2 Å². The van der Waals surface area contributed by atoms with Gasteiger partial charge < -0.3 is 19.7 Å². The number of nitrogens with zero attached hydrogens (tertiary/aromatic N) is 4. The normalized spacial score (nSPS) is 15.7. The summed E-state index contributed by atoms with van der Waals surface area (Å²) in [6.07, 6.45) is 0. The van der Waals surface area contributed by atoms with Crippen molar-refractivity contribution in [3.8, 4) is 17.1 Å². The van der Waals surface area contributed by atoms with Crippen molar-refractivity contribution in [1.82, 2.24) is 20.2 Å².